The van der Waals surface area contributed by atoms with Crippen LogP contribution >= 0.6 is 0 Å². The van der Waals surface area contributed by atoms with Gasteiger partial charge in [-0.15, -0.1) is 0 Å². The summed E-state index contributed by atoms with van der Waals surface area (Å²) in [4.78, 5) is 53.4. The number of hydrogen-bond donors (Lipinski definition) is 0. The second-order valence-electron chi connectivity index (χ2n) is 20.4. The van der Waals surface area contributed by atoms with Gasteiger partial charge in [0.1, 0.15) is 57.6 Å². The first-order valence-electron chi connectivity index (χ1n) is 32.2. The summed E-state index contributed by atoms with van der Waals surface area (Å²) in [6.45, 7) is 58.6. The minimum Gasteiger partial charge on any atom is -0.805 e. The third-order valence-electron chi connectivity index (χ3n) is 11.8. The summed E-state index contributed by atoms with van der Waals surface area (Å²) in [6.07, 6.45) is 0. The minimum absolute atomic E-state index is 0. The molecule has 91 heavy (non-hydrogen) atoms. The van der Waals surface area contributed by atoms with Crippen LogP contribution in [0.25, 0.3) is 0 Å². The summed E-state index contributed by atoms with van der Waals surface area (Å²) in [5, 5.41) is 69.2. The van der Waals surface area contributed by atoms with Crippen LogP contribution in [0.3, 0.4) is 0 Å². The van der Waals surface area contributed by atoms with Gasteiger partial charge >= 0.3 is 22.4 Å². The van der Waals surface area contributed by atoms with Crippen molar-refractivity contribution < 1.29 is 144 Å². The van der Waals surface area contributed by atoms with Crippen molar-refractivity contribution in [2.24, 2.45) is 0 Å². The van der Waals surface area contributed by atoms with Gasteiger partial charge in [-0.1, -0.05) is 26.1 Å². The Bertz CT molecular complexity index is 1330. The zero-order valence-electron chi connectivity index (χ0n) is 62.0. The smallest absolute Gasteiger partial charge is 0.805 e. The third kappa shape index (κ3) is 32.8. The summed E-state index contributed by atoms with van der Waals surface area (Å²) in [7, 11) is 0. The first kappa shape index (κ1) is 102. The Kier molecular flexibility index (Phi) is 59.7. The molecule has 0 spiro atoms. The van der Waals surface area contributed by atoms with Gasteiger partial charge in [-0.25, -0.2) is 0 Å². The number of rotatable bonds is 50. The Morgan fingerprint density at radius 2 is 0.253 bits per heavy atom. The Labute approximate surface area is 565 Å². The maximum atomic E-state index is 12.7. The SMILES string of the molecule is CCON(OCC)C(C)(C)C([O-])(OCC)OCC.CCON(OCC)C(C)(C)C([O-])(OCC)OCC.CCON(OCC)C(C)(C)C([O-])(OCC)OCC.CCON(OCC)C(C)(C)C([O-])(OCC)OCC.CCON(OCC)C(C)(C)C([O-])(OCC)OCC.[Ta+5]. The Balaban J connectivity index is -0.000000247. The van der Waals surface area contributed by atoms with Crippen molar-refractivity contribution in [3.05, 3.63) is 0 Å². The predicted octanol–water partition coefficient (Wildman–Crippen LogP) is 5.28. The molecule has 0 amide bonds. The van der Waals surface area contributed by atoms with Gasteiger partial charge in [0.2, 0.25) is 0 Å². The van der Waals surface area contributed by atoms with Crippen molar-refractivity contribution in [2.75, 3.05) is 132 Å². The summed E-state index contributed by atoms with van der Waals surface area (Å²) in [5.41, 5.74) is -5.67. The first-order valence-corrected chi connectivity index (χ1v) is 32.2. The second kappa shape index (κ2) is 53.5. The molecule has 0 aliphatic carbocycles. The normalized spacial score (nSPS) is 13.2. The van der Waals surface area contributed by atoms with Crippen LogP contribution in [0.2, 0.25) is 0 Å². The number of ether oxygens (including phenoxy) is 10. The molecule has 0 aromatic heterocycles. The monoisotopic (exact) mass is 1500 g/mol. The molecule has 0 aliphatic heterocycles. The molecule has 0 heterocycles. The van der Waals surface area contributed by atoms with Gasteiger partial charge in [0.15, 0.2) is 0 Å². The van der Waals surface area contributed by atoms with E-state index in [0.29, 0.717) is 66.1 Å². The maximum absolute atomic E-state index is 12.7. The summed E-state index contributed by atoms with van der Waals surface area (Å²) in [6, 6.07) is 0. The molecule has 31 heteroatoms. The van der Waals surface area contributed by atoms with Crippen LogP contribution in [0.4, 0.5) is 0 Å². The minimum atomic E-state index is -2.05. The van der Waals surface area contributed by atoms with Gasteiger partial charge < -0.3 is 72.9 Å². The van der Waals surface area contributed by atoms with E-state index in [1.54, 1.807) is 138 Å². The van der Waals surface area contributed by atoms with Crippen molar-refractivity contribution in [1.82, 2.24) is 26.1 Å². The van der Waals surface area contributed by atoms with Gasteiger partial charge in [0, 0.05) is 66.1 Å². The molecule has 550 valence electrons. The second-order valence-corrected chi connectivity index (χ2v) is 20.4. The zero-order chi connectivity index (χ0) is 71.2. The molecule has 0 N–H and O–H groups in total. The Hall–Kier alpha value is -0.460. The van der Waals surface area contributed by atoms with E-state index in [1.165, 1.54) is 26.1 Å². The van der Waals surface area contributed by atoms with Crippen molar-refractivity contribution in [1.29, 1.82) is 0 Å². The summed E-state index contributed by atoms with van der Waals surface area (Å²) < 4.78 is 52.3. The standard InChI is InChI=1S/5C12H26NO5.Ta/c5*1-7-15-12(14,16-8-2)11(5,6)13(17-9-3)18-10-4;/h5*7-10H2,1-6H3;/q5*-1;+5. The topological polar surface area (TPSA) is 316 Å². The van der Waals surface area contributed by atoms with Crippen LogP contribution in [0.5, 0.6) is 0 Å². The average Bonchev–Trinajstić information content (AvgIpc) is 3.46. The van der Waals surface area contributed by atoms with Gasteiger partial charge in [0.05, 0.1) is 66.1 Å². The molecule has 0 bridgehead atoms. The van der Waals surface area contributed by atoms with Crippen molar-refractivity contribution in [3.8, 4) is 0 Å². The number of hydroxylamine groups is 10. The molecule has 0 aromatic rings. The first-order chi connectivity index (χ1) is 42.0. The zero-order valence-corrected chi connectivity index (χ0v) is 65.2. The van der Waals surface area contributed by atoms with E-state index >= 15 is 0 Å². The van der Waals surface area contributed by atoms with Gasteiger partial charge in [-0.2, -0.15) is 0 Å². The van der Waals surface area contributed by atoms with Gasteiger partial charge in [-0.05, 0) is 208 Å². The van der Waals surface area contributed by atoms with E-state index in [4.69, 9.17) is 95.7 Å². The molecule has 0 rings (SSSR count). The quantitative estimate of drug-likeness (QED) is 0.0552. The van der Waals surface area contributed by atoms with Crippen LogP contribution in [-0.2, 0) is 118 Å². The molecule has 0 radical (unpaired) electrons. The average molecular weight is 1500 g/mol. The Morgan fingerprint density at radius 1 is 0.176 bits per heavy atom. The Morgan fingerprint density at radius 3 is 0.308 bits per heavy atom. The largest absolute Gasteiger partial charge is 5.00 e. The van der Waals surface area contributed by atoms with Crippen molar-refractivity contribution >= 4 is 0 Å². The van der Waals surface area contributed by atoms with E-state index in [-0.39, 0.29) is 88.4 Å². The molecule has 0 saturated carbocycles. The summed E-state index contributed by atoms with van der Waals surface area (Å²) in [5.74, 6) is -10.3. The van der Waals surface area contributed by atoms with E-state index < -0.39 is 57.6 Å². The van der Waals surface area contributed by atoms with E-state index in [9.17, 15) is 25.5 Å². The molecule has 0 fully saturated rings. The molecule has 30 nitrogen and oxygen atoms in total. The fraction of sp³-hybridized carbons (Fsp3) is 1.00. The summed E-state index contributed by atoms with van der Waals surface area (Å²) >= 11 is 0. The number of nitrogens with zero attached hydrogens (tertiary/aromatic N) is 5. The van der Waals surface area contributed by atoms with E-state index in [0.717, 1.165) is 0 Å². The van der Waals surface area contributed by atoms with Crippen LogP contribution in [-0.4, -0.2) is 216 Å². The molecule has 0 aromatic carbocycles. The number of hydrogen-bond acceptors (Lipinski definition) is 30. The van der Waals surface area contributed by atoms with Crippen LogP contribution in [0.1, 0.15) is 208 Å². The fourth-order valence-corrected chi connectivity index (χ4v) is 7.41. The molecular formula is C60H130N5O25Ta. The molecule has 0 saturated heterocycles. The van der Waals surface area contributed by atoms with Crippen LogP contribution in [0.15, 0.2) is 0 Å². The third-order valence-corrected chi connectivity index (χ3v) is 11.8. The fourth-order valence-electron chi connectivity index (χ4n) is 7.41. The van der Waals surface area contributed by atoms with E-state index in [1.807, 2.05) is 69.2 Å². The van der Waals surface area contributed by atoms with Crippen LogP contribution in [0, 0.1) is 0 Å². The molecule has 0 aliphatic rings. The molecule has 0 atom stereocenters. The van der Waals surface area contributed by atoms with Gasteiger partial charge in [0.25, 0.3) is 0 Å². The molecule has 0 unspecified atom stereocenters. The van der Waals surface area contributed by atoms with Crippen molar-refractivity contribution in [3.63, 3.8) is 0 Å². The molecular weight excluding hydrogens is 1370 g/mol. The van der Waals surface area contributed by atoms with Crippen molar-refractivity contribution in [2.45, 2.75) is 265 Å². The van der Waals surface area contributed by atoms with Gasteiger partial charge in [-0.3, -0.25) is 48.4 Å². The predicted molar refractivity (Wildman–Crippen MR) is 326 cm³/mol. The maximum Gasteiger partial charge on any atom is 5.00 e. The van der Waals surface area contributed by atoms with Crippen LogP contribution < -0.4 is 25.5 Å². The van der Waals surface area contributed by atoms with E-state index in [2.05, 4.69) is 0 Å².